The maximum atomic E-state index is 10.2. The van der Waals surface area contributed by atoms with Crippen molar-refractivity contribution in [2.24, 2.45) is 0 Å². The molecule has 1 aliphatic carbocycles. The highest BCUT2D eigenvalue weighted by Gasteiger charge is 2.31. The molecule has 0 bridgehead atoms. The van der Waals surface area contributed by atoms with Gasteiger partial charge in [0.25, 0.3) is 0 Å². The highest BCUT2D eigenvalue weighted by molar-refractivity contribution is 5.09. The van der Waals surface area contributed by atoms with Gasteiger partial charge in [-0.1, -0.05) is 12.3 Å². The molecule has 0 aromatic rings. The molecule has 1 atom stereocenters. The first-order valence-corrected chi connectivity index (χ1v) is 7.84. The summed E-state index contributed by atoms with van der Waals surface area (Å²) in [6.45, 7) is 5.23. The molecule has 0 radical (unpaired) electrons. The van der Waals surface area contributed by atoms with E-state index >= 15 is 0 Å². The van der Waals surface area contributed by atoms with E-state index in [0.29, 0.717) is 13.2 Å². The zero-order valence-corrected chi connectivity index (χ0v) is 12.7. The summed E-state index contributed by atoms with van der Waals surface area (Å²) in [7, 11) is 2.14. The topological polar surface area (TPSA) is 35.9 Å². The largest absolute Gasteiger partial charge is 0.389 e. The van der Waals surface area contributed by atoms with Crippen molar-refractivity contribution in [2.45, 2.75) is 43.8 Å². The van der Waals surface area contributed by atoms with Gasteiger partial charge in [-0.25, -0.2) is 0 Å². The normalized spacial score (nSPS) is 26.1. The van der Waals surface area contributed by atoms with Crippen LogP contribution in [0.4, 0.5) is 0 Å². The third-order valence-corrected chi connectivity index (χ3v) is 4.54. The Morgan fingerprint density at radius 1 is 1.20 bits per heavy atom. The summed E-state index contributed by atoms with van der Waals surface area (Å²) < 4.78 is 5.92. The lowest BCUT2D eigenvalue weighted by molar-refractivity contribution is -0.0712. The molecule has 2 rings (SSSR count). The molecule has 1 N–H and O–H groups in total. The van der Waals surface area contributed by atoms with Gasteiger partial charge in [0.1, 0.15) is 5.60 Å². The molecule has 4 nitrogen and oxygen atoms in total. The van der Waals surface area contributed by atoms with E-state index in [-0.39, 0.29) is 0 Å². The summed E-state index contributed by atoms with van der Waals surface area (Å²) in [4.78, 5) is 4.62. The van der Waals surface area contributed by atoms with Crippen LogP contribution in [-0.4, -0.2) is 73.0 Å². The Labute approximate surface area is 123 Å². The fraction of sp³-hybridized carbons (Fsp3) is 0.875. The molecule has 20 heavy (non-hydrogen) atoms. The molecule has 2 fully saturated rings. The Kier molecular flexibility index (Phi) is 5.86. The maximum Gasteiger partial charge on any atom is 0.128 e. The van der Waals surface area contributed by atoms with Crippen molar-refractivity contribution in [2.75, 3.05) is 46.4 Å². The van der Waals surface area contributed by atoms with E-state index in [9.17, 15) is 5.11 Å². The van der Waals surface area contributed by atoms with Gasteiger partial charge in [0.2, 0.25) is 0 Å². The molecule has 1 aliphatic heterocycles. The predicted octanol–water partition coefficient (Wildman–Crippen LogP) is 0.947. The number of hydrogen-bond acceptors (Lipinski definition) is 4. The number of β-amino-alcohol motifs (C(OH)–C–C–N with tert-alkyl or cyclic N) is 1. The van der Waals surface area contributed by atoms with Crippen molar-refractivity contribution in [3.8, 4) is 12.3 Å². The average Bonchev–Trinajstić information content (AvgIpc) is 2.49. The Morgan fingerprint density at radius 2 is 1.85 bits per heavy atom. The van der Waals surface area contributed by atoms with Crippen molar-refractivity contribution < 1.29 is 9.84 Å². The van der Waals surface area contributed by atoms with Crippen molar-refractivity contribution in [3.05, 3.63) is 0 Å². The first-order valence-electron chi connectivity index (χ1n) is 7.84. The van der Waals surface area contributed by atoms with E-state index in [0.717, 1.165) is 51.9 Å². The molecule has 2 aliphatic rings. The summed E-state index contributed by atoms with van der Waals surface area (Å²) in [6.07, 6.45) is 10.6. The van der Waals surface area contributed by atoms with Crippen LogP contribution in [0.15, 0.2) is 0 Å². The van der Waals surface area contributed by atoms with Gasteiger partial charge < -0.3 is 14.7 Å². The Morgan fingerprint density at radius 3 is 2.45 bits per heavy atom. The zero-order chi connectivity index (χ0) is 14.4. The molecule has 0 spiro atoms. The Hall–Kier alpha value is -0.600. The van der Waals surface area contributed by atoms with E-state index in [2.05, 4.69) is 22.8 Å². The third kappa shape index (κ3) is 4.46. The SMILES string of the molecule is C#CC1(OCC(O)CN2CCN(C)CC2)CCCCC1. The molecule has 1 saturated carbocycles. The summed E-state index contributed by atoms with van der Waals surface area (Å²) in [5.41, 5.74) is -0.415. The standard InChI is InChI=1S/C16H28N2O2/c1-3-16(7-5-4-6-8-16)20-14-15(19)13-18-11-9-17(2)10-12-18/h1,15,19H,4-14H2,2H3. The predicted molar refractivity (Wildman–Crippen MR) is 80.5 cm³/mol. The number of piperazine rings is 1. The highest BCUT2D eigenvalue weighted by Crippen LogP contribution is 2.31. The van der Waals surface area contributed by atoms with Gasteiger partial charge in [-0.3, -0.25) is 4.90 Å². The van der Waals surface area contributed by atoms with Crippen molar-refractivity contribution >= 4 is 0 Å². The van der Waals surface area contributed by atoms with Gasteiger partial charge in [-0.05, 0) is 32.7 Å². The Balaban J connectivity index is 1.71. The van der Waals surface area contributed by atoms with Gasteiger partial charge >= 0.3 is 0 Å². The number of nitrogens with zero attached hydrogens (tertiary/aromatic N) is 2. The van der Waals surface area contributed by atoms with E-state index < -0.39 is 11.7 Å². The quantitative estimate of drug-likeness (QED) is 0.761. The average molecular weight is 280 g/mol. The minimum Gasteiger partial charge on any atom is -0.389 e. The molecule has 114 valence electrons. The van der Waals surface area contributed by atoms with Gasteiger partial charge in [0.05, 0.1) is 12.7 Å². The highest BCUT2D eigenvalue weighted by atomic mass is 16.5. The number of likely N-dealkylation sites (N-methyl/N-ethyl adjacent to an activating group) is 1. The van der Waals surface area contributed by atoms with E-state index in [4.69, 9.17) is 11.2 Å². The summed E-state index contributed by atoms with van der Waals surface area (Å²) in [5.74, 6) is 2.83. The van der Waals surface area contributed by atoms with Crippen LogP contribution < -0.4 is 0 Å². The van der Waals surface area contributed by atoms with Crippen LogP contribution in [0.25, 0.3) is 0 Å². The number of rotatable bonds is 5. The minimum absolute atomic E-state index is 0.358. The molecule has 1 unspecified atom stereocenters. The lowest BCUT2D eigenvalue weighted by Crippen LogP contribution is -2.48. The second-order valence-corrected chi connectivity index (χ2v) is 6.27. The van der Waals surface area contributed by atoms with Gasteiger partial charge in [-0.2, -0.15) is 0 Å². The monoisotopic (exact) mass is 280 g/mol. The van der Waals surface area contributed by atoms with Crippen LogP contribution >= 0.6 is 0 Å². The lowest BCUT2D eigenvalue weighted by Gasteiger charge is -2.35. The van der Waals surface area contributed by atoms with Crippen molar-refractivity contribution in [3.63, 3.8) is 0 Å². The van der Waals surface area contributed by atoms with Gasteiger partial charge in [-0.15, -0.1) is 6.42 Å². The van der Waals surface area contributed by atoms with Gasteiger partial charge in [0.15, 0.2) is 0 Å². The Bertz CT molecular complexity index is 326. The number of terminal acetylenes is 1. The molecule has 0 amide bonds. The second-order valence-electron chi connectivity index (χ2n) is 6.27. The van der Waals surface area contributed by atoms with Crippen LogP contribution in [0.5, 0.6) is 0 Å². The summed E-state index contributed by atoms with van der Waals surface area (Å²) in [5, 5.41) is 10.2. The molecule has 0 aromatic carbocycles. The van der Waals surface area contributed by atoms with Crippen LogP contribution in [0, 0.1) is 12.3 Å². The third-order valence-electron chi connectivity index (χ3n) is 4.54. The molecule has 1 heterocycles. The van der Waals surface area contributed by atoms with Crippen LogP contribution in [0.2, 0.25) is 0 Å². The number of hydrogen-bond donors (Lipinski definition) is 1. The maximum absolute atomic E-state index is 10.2. The van der Waals surface area contributed by atoms with E-state index in [1.165, 1.54) is 6.42 Å². The minimum atomic E-state index is -0.439. The van der Waals surface area contributed by atoms with Crippen LogP contribution in [0.1, 0.15) is 32.1 Å². The fourth-order valence-electron chi connectivity index (χ4n) is 3.09. The van der Waals surface area contributed by atoms with Crippen molar-refractivity contribution in [1.29, 1.82) is 0 Å². The van der Waals surface area contributed by atoms with E-state index in [1.54, 1.807) is 0 Å². The smallest absolute Gasteiger partial charge is 0.128 e. The second kappa shape index (κ2) is 7.42. The number of ether oxygens (including phenoxy) is 1. The first kappa shape index (κ1) is 15.8. The number of aliphatic hydroxyl groups excluding tert-OH is 1. The molecule has 0 aromatic heterocycles. The molecule has 4 heteroatoms. The lowest BCUT2D eigenvalue weighted by atomic mass is 9.85. The van der Waals surface area contributed by atoms with Crippen molar-refractivity contribution in [1.82, 2.24) is 9.80 Å². The number of aliphatic hydroxyl groups is 1. The van der Waals surface area contributed by atoms with E-state index in [1.807, 2.05) is 0 Å². The molecular formula is C16H28N2O2. The fourth-order valence-corrected chi connectivity index (χ4v) is 3.09. The molecular weight excluding hydrogens is 252 g/mol. The zero-order valence-electron chi connectivity index (χ0n) is 12.7. The first-order chi connectivity index (χ1) is 9.63. The summed E-state index contributed by atoms with van der Waals surface area (Å²) in [6, 6.07) is 0. The molecule has 1 saturated heterocycles. The van der Waals surface area contributed by atoms with Gasteiger partial charge in [0, 0.05) is 32.7 Å². The summed E-state index contributed by atoms with van der Waals surface area (Å²) >= 11 is 0. The van der Waals surface area contributed by atoms with Crippen LogP contribution in [-0.2, 0) is 4.74 Å². The van der Waals surface area contributed by atoms with Crippen LogP contribution in [0.3, 0.4) is 0 Å².